The number of benzene rings is 1. The first kappa shape index (κ1) is 14.2. The Bertz CT molecular complexity index is 676. The lowest BCUT2D eigenvalue weighted by Crippen LogP contribution is -2.13. The van der Waals surface area contributed by atoms with E-state index in [1.807, 2.05) is 4.57 Å². The molecule has 0 unspecified atom stereocenters. The maximum atomic E-state index is 13.5. The highest BCUT2D eigenvalue weighted by Gasteiger charge is 2.15. The molecule has 3 rings (SSSR count). The van der Waals surface area contributed by atoms with Gasteiger partial charge in [0.25, 0.3) is 0 Å². The van der Waals surface area contributed by atoms with Crippen LogP contribution in [0.4, 0.5) is 4.39 Å². The number of nitrogens with one attached hydrogen (secondary N) is 1. The van der Waals surface area contributed by atoms with Crippen LogP contribution in [0.2, 0.25) is 0 Å². The largest absolute Gasteiger partial charge is 0.376 e. The molecule has 0 atom stereocenters. The minimum atomic E-state index is -0.289. The first-order valence-corrected chi connectivity index (χ1v) is 8.04. The van der Waals surface area contributed by atoms with E-state index in [2.05, 4.69) is 20.9 Å². The fourth-order valence-electron chi connectivity index (χ4n) is 2.74. The minimum absolute atomic E-state index is 0.289. The van der Waals surface area contributed by atoms with Crippen LogP contribution in [-0.4, -0.2) is 22.3 Å². The van der Waals surface area contributed by atoms with Gasteiger partial charge in [0.2, 0.25) is 0 Å². The highest BCUT2D eigenvalue weighted by molar-refractivity contribution is 9.10. The highest BCUT2D eigenvalue weighted by atomic mass is 79.9. The molecule has 2 aromatic rings. The van der Waals surface area contributed by atoms with Gasteiger partial charge in [0.05, 0.1) is 28.2 Å². The Balaban J connectivity index is 1.78. The summed E-state index contributed by atoms with van der Waals surface area (Å²) in [5.41, 5.74) is 1.62. The Kier molecular flexibility index (Phi) is 4.23. The predicted octanol–water partition coefficient (Wildman–Crippen LogP) is 4.56. The zero-order chi connectivity index (χ0) is 14.1. The van der Waals surface area contributed by atoms with Crippen LogP contribution in [0.5, 0.6) is 0 Å². The molecule has 0 spiro atoms. The van der Waals surface area contributed by atoms with E-state index in [0.29, 0.717) is 28.5 Å². The number of H-pyrrole nitrogens is 1. The molecule has 0 radical (unpaired) electrons. The molecule has 0 bridgehead atoms. The quantitative estimate of drug-likeness (QED) is 0.811. The molecule has 1 N–H and O–H groups in total. The highest BCUT2D eigenvalue weighted by Crippen LogP contribution is 2.24. The van der Waals surface area contributed by atoms with E-state index in [1.54, 1.807) is 6.07 Å². The lowest BCUT2D eigenvalue weighted by molar-refractivity contribution is 0.0533. The zero-order valence-corrected chi connectivity index (χ0v) is 13.4. The van der Waals surface area contributed by atoms with Crippen LogP contribution in [0.25, 0.3) is 11.0 Å². The lowest BCUT2D eigenvalue weighted by Gasteiger charge is -2.11. The first-order chi connectivity index (χ1) is 9.65. The molecular weight excluding hydrogens is 343 g/mol. The Morgan fingerprint density at radius 2 is 2.15 bits per heavy atom. The number of ether oxygens (including phenoxy) is 1. The van der Waals surface area contributed by atoms with Crippen LogP contribution in [0.1, 0.15) is 25.7 Å². The zero-order valence-electron chi connectivity index (χ0n) is 11.0. The summed E-state index contributed by atoms with van der Waals surface area (Å²) in [5.74, 6) is -0.289. The second kappa shape index (κ2) is 5.95. The number of aromatic nitrogens is 2. The molecule has 20 heavy (non-hydrogen) atoms. The van der Waals surface area contributed by atoms with E-state index in [9.17, 15) is 4.39 Å². The SMILES string of the molecule is Fc1cc2[nH]c(=S)n(CCOC3CCCC3)c2cc1Br. The van der Waals surface area contributed by atoms with Gasteiger partial charge in [0.15, 0.2) is 4.77 Å². The van der Waals surface area contributed by atoms with Crippen LogP contribution in [0.3, 0.4) is 0 Å². The molecule has 3 nitrogen and oxygen atoms in total. The number of rotatable bonds is 4. The van der Waals surface area contributed by atoms with Crippen molar-refractivity contribution < 1.29 is 9.13 Å². The van der Waals surface area contributed by atoms with Crippen molar-refractivity contribution in [3.05, 3.63) is 27.2 Å². The van der Waals surface area contributed by atoms with Gasteiger partial charge >= 0.3 is 0 Å². The Morgan fingerprint density at radius 1 is 1.40 bits per heavy atom. The first-order valence-electron chi connectivity index (χ1n) is 6.84. The molecule has 108 valence electrons. The minimum Gasteiger partial charge on any atom is -0.376 e. The van der Waals surface area contributed by atoms with Gasteiger partial charge in [-0.2, -0.15) is 0 Å². The van der Waals surface area contributed by atoms with Crippen LogP contribution in [0, 0.1) is 10.6 Å². The summed E-state index contributed by atoms with van der Waals surface area (Å²) >= 11 is 8.52. The van der Waals surface area contributed by atoms with Gasteiger partial charge < -0.3 is 14.3 Å². The third-order valence-electron chi connectivity index (χ3n) is 3.79. The van der Waals surface area contributed by atoms with Crippen LogP contribution >= 0.6 is 28.1 Å². The maximum Gasteiger partial charge on any atom is 0.178 e. The van der Waals surface area contributed by atoms with E-state index in [1.165, 1.54) is 18.9 Å². The Hall–Kier alpha value is -0.720. The van der Waals surface area contributed by atoms with Crippen molar-refractivity contribution in [2.45, 2.75) is 38.3 Å². The number of fused-ring (bicyclic) bond motifs is 1. The van der Waals surface area contributed by atoms with Gasteiger partial charge in [-0.25, -0.2) is 4.39 Å². The van der Waals surface area contributed by atoms with Gasteiger partial charge in [0, 0.05) is 12.6 Å². The third kappa shape index (κ3) is 2.82. The van der Waals surface area contributed by atoms with Crippen molar-refractivity contribution in [3.63, 3.8) is 0 Å². The summed E-state index contributed by atoms with van der Waals surface area (Å²) in [5, 5.41) is 0. The van der Waals surface area contributed by atoms with Gasteiger partial charge in [-0.3, -0.25) is 0 Å². The monoisotopic (exact) mass is 358 g/mol. The molecule has 1 aliphatic rings. The number of hydrogen-bond acceptors (Lipinski definition) is 2. The Labute approximate surface area is 130 Å². The number of halogens is 2. The van der Waals surface area contributed by atoms with E-state index in [-0.39, 0.29) is 5.82 Å². The summed E-state index contributed by atoms with van der Waals surface area (Å²) in [4.78, 5) is 3.03. The molecule has 0 amide bonds. The van der Waals surface area contributed by atoms with Crippen LogP contribution in [-0.2, 0) is 11.3 Å². The second-order valence-electron chi connectivity index (χ2n) is 5.14. The molecule has 1 fully saturated rings. The standard InChI is InChI=1S/C14H16BrFN2OS/c15-10-7-13-12(8-11(10)16)17-14(20)18(13)5-6-19-9-3-1-2-4-9/h7-9H,1-6H2,(H,17,20). The summed E-state index contributed by atoms with van der Waals surface area (Å²) in [6.07, 6.45) is 5.26. The molecule has 1 aromatic carbocycles. The van der Waals surface area contributed by atoms with Crippen molar-refractivity contribution in [1.29, 1.82) is 0 Å². The average molecular weight is 359 g/mol. The van der Waals surface area contributed by atoms with Gasteiger partial charge in [-0.15, -0.1) is 0 Å². The van der Waals surface area contributed by atoms with E-state index in [0.717, 1.165) is 23.9 Å². The van der Waals surface area contributed by atoms with Crippen molar-refractivity contribution in [2.75, 3.05) is 6.61 Å². The molecule has 0 aliphatic heterocycles. The van der Waals surface area contributed by atoms with Gasteiger partial charge in [-0.1, -0.05) is 12.8 Å². The molecular formula is C14H16BrFN2OS. The fourth-order valence-corrected chi connectivity index (χ4v) is 3.37. The van der Waals surface area contributed by atoms with E-state index >= 15 is 0 Å². The molecule has 1 aliphatic carbocycles. The maximum absolute atomic E-state index is 13.5. The molecule has 1 saturated carbocycles. The summed E-state index contributed by atoms with van der Waals surface area (Å²) < 4.78 is 22.4. The predicted molar refractivity (Wildman–Crippen MR) is 83.0 cm³/mol. The van der Waals surface area contributed by atoms with E-state index in [4.69, 9.17) is 17.0 Å². The molecule has 1 heterocycles. The van der Waals surface area contributed by atoms with Crippen molar-refractivity contribution in [1.82, 2.24) is 9.55 Å². The fraction of sp³-hybridized carbons (Fsp3) is 0.500. The summed E-state index contributed by atoms with van der Waals surface area (Å²) in [6, 6.07) is 3.22. The smallest absolute Gasteiger partial charge is 0.178 e. The van der Waals surface area contributed by atoms with Gasteiger partial charge in [-0.05, 0) is 47.1 Å². The van der Waals surface area contributed by atoms with Crippen LogP contribution < -0.4 is 0 Å². The summed E-state index contributed by atoms with van der Waals surface area (Å²) in [6.45, 7) is 1.33. The lowest BCUT2D eigenvalue weighted by atomic mass is 10.3. The molecule has 6 heteroatoms. The molecule has 0 saturated heterocycles. The Morgan fingerprint density at radius 3 is 2.90 bits per heavy atom. The average Bonchev–Trinajstić information content (AvgIpc) is 3.01. The van der Waals surface area contributed by atoms with E-state index < -0.39 is 0 Å². The van der Waals surface area contributed by atoms with Crippen molar-refractivity contribution >= 4 is 39.2 Å². The van der Waals surface area contributed by atoms with Crippen molar-refractivity contribution in [3.8, 4) is 0 Å². The molecule has 1 aromatic heterocycles. The number of aromatic amines is 1. The summed E-state index contributed by atoms with van der Waals surface area (Å²) in [7, 11) is 0. The van der Waals surface area contributed by atoms with Crippen LogP contribution in [0.15, 0.2) is 16.6 Å². The second-order valence-corrected chi connectivity index (χ2v) is 6.38. The van der Waals surface area contributed by atoms with Gasteiger partial charge in [0.1, 0.15) is 5.82 Å². The normalized spacial score (nSPS) is 16.3. The number of nitrogens with zero attached hydrogens (tertiary/aromatic N) is 1. The number of imidazole rings is 1. The topological polar surface area (TPSA) is 29.9 Å². The third-order valence-corrected chi connectivity index (χ3v) is 4.72. The van der Waals surface area contributed by atoms with Crippen molar-refractivity contribution in [2.24, 2.45) is 0 Å². The number of hydrogen-bond donors (Lipinski definition) is 1.